The van der Waals surface area contributed by atoms with Crippen LogP contribution in [0.15, 0.2) is 0 Å². The lowest BCUT2D eigenvalue weighted by molar-refractivity contribution is -0.136. The van der Waals surface area contributed by atoms with Crippen LogP contribution in [-0.2, 0) is 4.79 Å². The lowest BCUT2D eigenvalue weighted by Crippen LogP contribution is -2.33. The number of nitrogens with one attached hydrogen (secondary N) is 3. The molecular weight excluding hydrogens is 246 g/mol. The molecule has 0 aliphatic heterocycles. The van der Waals surface area contributed by atoms with Crippen molar-refractivity contribution in [1.29, 1.82) is 0 Å². The van der Waals surface area contributed by atoms with Gasteiger partial charge in [-0.05, 0) is 13.0 Å². The summed E-state index contributed by atoms with van der Waals surface area (Å²) < 4.78 is 0. The summed E-state index contributed by atoms with van der Waals surface area (Å²) in [5.41, 5.74) is 0. The van der Waals surface area contributed by atoms with Gasteiger partial charge in [0.25, 0.3) is 0 Å². The number of hydrogen-bond donors (Lipinski definition) is 4. The first-order valence-corrected chi connectivity index (χ1v) is 8.23. The average molecular weight is 273 g/mol. The fourth-order valence-electron chi connectivity index (χ4n) is 1.44. The predicted molar refractivity (Wildman–Crippen MR) is 76.5 cm³/mol. The van der Waals surface area contributed by atoms with Crippen molar-refractivity contribution in [2.75, 3.05) is 39.3 Å². The maximum absolute atomic E-state index is 10.2. The van der Waals surface area contributed by atoms with Crippen molar-refractivity contribution in [3.8, 4) is 0 Å². The van der Waals surface area contributed by atoms with Crippen molar-refractivity contribution in [2.24, 2.45) is 0 Å². The number of aliphatic carboxylic acids is 1. The van der Waals surface area contributed by atoms with E-state index in [1.807, 2.05) is 0 Å². The number of hydrogen-bond acceptors (Lipinski definition) is 4. The molecule has 0 saturated heterocycles. The quantitative estimate of drug-likeness (QED) is 0.268. The Hall–Kier alpha value is -0.433. The van der Waals surface area contributed by atoms with Gasteiger partial charge in [0, 0.05) is 42.2 Å². The second-order valence-corrected chi connectivity index (χ2v) is 5.81. The number of carboxylic acid groups (broad SMARTS) is 1. The smallest absolute Gasteiger partial charge is 0.304 e. The van der Waals surface area contributed by atoms with Crippen molar-refractivity contribution in [2.45, 2.75) is 31.9 Å². The van der Waals surface area contributed by atoms with Gasteiger partial charge in [-0.15, -0.1) is 0 Å². The second kappa shape index (κ2) is 14.6. The number of carboxylic acids is 1. The van der Waals surface area contributed by atoms with Crippen LogP contribution in [0.2, 0.25) is 12.1 Å². The summed E-state index contributed by atoms with van der Waals surface area (Å²) in [6.07, 6.45) is 1.48. The van der Waals surface area contributed by atoms with E-state index in [2.05, 4.69) is 22.9 Å². The third-order valence-electron chi connectivity index (χ3n) is 2.43. The second-order valence-electron chi connectivity index (χ2n) is 4.10. The molecule has 4 N–H and O–H groups in total. The monoisotopic (exact) mass is 273 g/mol. The molecule has 0 amide bonds. The summed E-state index contributed by atoms with van der Waals surface area (Å²) in [6.45, 7) is 7.59. The minimum Gasteiger partial charge on any atom is -0.481 e. The fraction of sp³-hybridized carbons (Fsp3) is 0.917. The van der Waals surface area contributed by atoms with E-state index in [0.29, 0.717) is 6.54 Å². The highest BCUT2D eigenvalue weighted by Crippen LogP contribution is 1.88. The Labute approximate surface area is 113 Å². The van der Waals surface area contributed by atoms with E-state index in [1.165, 1.54) is 18.5 Å². The molecule has 0 fully saturated rings. The van der Waals surface area contributed by atoms with Crippen LogP contribution in [0.4, 0.5) is 0 Å². The van der Waals surface area contributed by atoms with Crippen LogP contribution >= 0.6 is 0 Å². The SMILES string of the molecule is CC[Si]CCCNCCNCCNCCC(=O)O. The third kappa shape index (κ3) is 15.6. The standard InChI is InChI=1S/C12H27N3O2Si/c1-2-18-11-3-5-13-7-9-15-10-8-14-6-4-12(16)17/h13-15H,2-11H2,1H3,(H,16,17). The molecule has 0 aromatic heterocycles. The van der Waals surface area contributed by atoms with Crippen molar-refractivity contribution in [1.82, 2.24) is 16.0 Å². The zero-order valence-corrected chi connectivity index (χ0v) is 12.4. The Morgan fingerprint density at radius 1 is 1.00 bits per heavy atom. The zero-order valence-electron chi connectivity index (χ0n) is 11.4. The van der Waals surface area contributed by atoms with Gasteiger partial charge in [-0.3, -0.25) is 4.79 Å². The van der Waals surface area contributed by atoms with Gasteiger partial charge in [0.15, 0.2) is 0 Å². The third-order valence-corrected chi connectivity index (χ3v) is 3.64. The lowest BCUT2D eigenvalue weighted by Gasteiger charge is -2.07. The van der Waals surface area contributed by atoms with Crippen LogP contribution in [0.5, 0.6) is 0 Å². The fourth-order valence-corrected chi connectivity index (χ4v) is 2.22. The van der Waals surface area contributed by atoms with Crippen LogP contribution in [0.3, 0.4) is 0 Å². The van der Waals surface area contributed by atoms with Gasteiger partial charge in [0.2, 0.25) is 0 Å². The molecule has 0 atom stereocenters. The number of rotatable bonds is 14. The molecule has 0 aliphatic carbocycles. The van der Waals surface area contributed by atoms with E-state index in [9.17, 15) is 4.79 Å². The van der Waals surface area contributed by atoms with Crippen molar-refractivity contribution >= 4 is 15.5 Å². The molecule has 0 rings (SSSR count). The summed E-state index contributed by atoms with van der Waals surface area (Å²) in [6, 6.07) is 2.67. The van der Waals surface area contributed by atoms with E-state index >= 15 is 0 Å². The molecule has 0 aromatic carbocycles. The summed E-state index contributed by atoms with van der Waals surface area (Å²) in [4.78, 5) is 10.2. The van der Waals surface area contributed by atoms with Crippen molar-refractivity contribution in [3.05, 3.63) is 0 Å². The van der Waals surface area contributed by atoms with Crippen molar-refractivity contribution < 1.29 is 9.90 Å². The highest BCUT2D eigenvalue weighted by atomic mass is 28.2. The minimum atomic E-state index is -0.747. The number of carbonyl (C=O) groups is 1. The molecule has 0 saturated carbocycles. The maximum Gasteiger partial charge on any atom is 0.304 e. The van der Waals surface area contributed by atoms with Gasteiger partial charge < -0.3 is 21.1 Å². The van der Waals surface area contributed by atoms with Gasteiger partial charge in [-0.1, -0.05) is 19.0 Å². The van der Waals surface area contributed by atoms with Crippen LogP contribution in [0.1, 0.15) is 19.8 Å². The Morgan fingerprint density at radius 2 is 1.56 bits per heavy atom. The maximum atomic E-state index is 10.2. The molecule has 106 valence electrons. The topological polar surface area (TPSA) is 73.4 Å². The molecule has 6 heteroatoms. The van der Waals surface area contributed by atoms with E-state index in [1.54, 1.807) is 0 Å². The van der Waals surface area contributed by atoms with Crippen molar-refractivity contribution in [3.63, 3.8) is 0 Å². The first kappa shape index (κ1) is 17.6. The van der Waals surface area contributed by atoms with Crippen LogP contribution in [0.25, 0.3) is 0 Å². The predicted octanol–water partition coefficient (Wildman–Crippen LogP) is 0.181. The minimum absolute atomic E-state index is 0.194. The molecule has 0 spiro atoms. The highest BCUT2D eigenvalue weighted by Gasteiger charge is 1.94. The Balaban J connectivity index is 2.92. The van der Waals surface area contributed by atoms with Gasteiger partial charge in [0.05, 0.1) is 6.42 Å². The van der Waals surface area contributed by atoms with E-state index in [-0.39, 0.29) is 6.42 Å². The van der Waals surface area contributed by atoms with E-state index in [4.69, 9.17) is 5.11 Å². The summed E-state index contributed by atoms with van der Waals surface area (Å²) in [5.74, 6) is -0.747. The first-order chi connectivity index (χ1) is 8.77. The van der Waals surface area contributed by atoms with Gasteiger partial charge in [-0.2, -0.15) is 0 Å². The van der Waals surface area contributed by atoms with Crippen LogP contribution in [0, 0.1) is 0 Å². The molecule has 0 heterocycles. The first-order valence-electron chi connectivity index (χ1n) is 6.82. The molecule has 0 aliphatic rings. The lowest BCUT2D eigenvalue weighted by atomic mass is 10.4. The molecular formula is C12H27N3O2Si. The summed E-state index contributed by atoms with van der Waals surface area (Å²) in [5, 5.41) is 18.2. The molecule has 0 bridgehead atoms. The van der Waals surface area contributed by atoms with Gasteiger partial charge in [-0.25, -0.2) is 0 Å². The van der Waals surface area contributed by atoms with E-state index < -0.39 is 5.97 Å². The summed E-state index contributed by atoms with van der Waals surface area (Å²) in [7, 11) is 1.12. The van der Waals surface area contributed by atoms with E-state index in [0.717, 1.165) is 42.2 Å². The Kier molecular flexibility index (Phi) is 14.3. The molecule has 18 heavy (non-hydrogen) atoms. The van der Waals surface area contributed by atoms with Crippen LogP contribution in [-0.4, -0.2) is 59.9 Å². The molecule has 0 aromatic rings. The van der Waals surface area contributed by atoms with Gasteiger partial charge in [0.1, 0.15) is 0 Å². The largest absolute Gasteiger partial charge is 0.481 e. The highest BCUT2D eigenvalue weighted by molar-refractivity contribution is 6.35. The Bertz CT molecular complexity index is 194. The zero-order chi connectivity index (χ0) is 13.5. The van der Waals surface area contributed by atoms with Crippen LogP contribution < -0.4 is 16.0 Å². The Morgan fingerprint density at radius 3 is 2.11 bits per heavy atom. The average Bonchev–Trinajstić information content (AvgIpc) is 2.34. The van der Waals surface area contributed by atoms with Gasteiger partial charge >= 0.3 is 5.97 Å². The molecule has 0 unspecified atom stereocenters. The molecule has 2 radical (unpaired) electrons. The molecule has 5 nitrogen and oxygen atoms in total. The summed E-state index contributed by atoms with van der Waals surface area (Å²) >= 11 is 0. The normalized spacial score (nSPS) is 10.7.